The topological polar surface area (TPSA) is 92.9 Å². The van der Waals surface area contributed by atoms with Crippen LogP contribution in [0.4, 0.5) is 11.6 Å². The minimum Gasteiger partial charge on any atom is -0.385 e. The first-order valence-corrected chi connectivity index (χ1v) is 14.5. The SMILES string of the molecule is C=Cn1nc(Nc2ccc(C(O)N3CC[C@H](N(C)C)C3)cc2)nc1/C(=C\C)N1CCC(O)(c2ccc(Cl)cc2)CC1. The molecule has 1 aromatic heterocycles. The molecular formula is C31H40ClN7O2. The highest BCUT2D eigenvalue weighted by atomic mass is 35.5. The number of hydrogen-bond donors (Lipinski definition) is 3. The van der Waals surface area contributed by atoms with E-state index in [2.05, 4.69) is 45.8 Å². The summed E-state index contributed by atoms with van der Waals surface area (Å²) in [6, 6.07) is 15.7. The maximum atomic E-state index is 11.3. The summed E-state index contributed by atoms with van der Waals surface area (Å²) in [7, 11) is 4.17. The van der Waals surface area contributed by atoms with E-state index in [1.807, 2.05) is 61.5 Å². The highest BCUT2D eigenvalue weighted by Crippen LogP contribution is 2.36. The number of nitrogens with zero attached hydrogens (tertiary/aromatic N) is 6. The predicted molar refractivity (Wildman–Crippen MR) is 165 cm³/mol. The monoisotopic (exact) mass is 577 g/mol. The maximum absolute atomic E-state index is 11.3. The summed E-state index contributed by atoms with van der Waals surface area (Å²) in [5.74, 6) is 1.13. The Labute approximate surface area is 247 Å². The smallest absolute Gasteiger partial charge is 0.247 e. The largest absolute Gasteiger partial charge is 0.385 e. The van der Waals surface area contributed by atoms with Gasteiger partial charge >= 0.3 is 0 Å². The van der Waals surface area contributed by atoms with Crippen LogP contribution >= 0.6 is 11.6 Å². The fourth-order valence-electron chi connectivity index (χ4n) is 5.79. The summed E-state index contributed by atoms with van der Waals surface area (Å²) in [5.41, 5.74) is 2.63. The minimum absolute atomic E-state index is 0.454. The van der Waals surface area contributed by atoms with E-state index < -0.39 is 11.8 Å². The molecule has 0 saturated carbocycles. The average Bonchev–Trinajstić information content (AvgIpc) is 3.63. The van der Waals surface area contributed by atoms with Crippen molar-refractivity contribution in [2.24, 2.45) is 0 Å². The van der Waals surface area contributed by atoms with E-state index in [-0.39, 0.29) is 0 Å². The van der Waals surface area contributed by atoms with Gasteiger partial charge in [0.2, 0.25) is 5.95 Å². The molecule has 2 aromatic carbocycles. The molecule has 10 heteroatoms. The van der Waals surface area contributed by atoms with E-state index >= 15 is 0 Å². The van der Waals surface area contributed by atoms with Crippen LogP contribution in [0.25, 0.3) is 11.9 Å². The van der Waals surface area contributed by atoms with Crippen LogP contribution in [-0.4, -0.2) is 86.0 Å². The number of nitrogens with one attached hydrogen (secondary N) is 1. The molecule has 9 nitrogen and oxygen atoms in total. The molecule has 2 aliphatic rings. The fourth-order valence-corrected chi connectivity index (χ4v) is 5.91. The molecule has 3 N–H and O–H groups in total. The number of aliphatic hydroxyl groups is 2. The van der Waals surface area contributed by atoms with Crippen LogP contribution in [0.3, 0.4) is 0 Å². The highest BCUT2D eigenvalue weighted by Gasteiger charge is 2.35. The number of piperidine rings is 1. The molecule has 2 fully saturated rings. The second-order valence-corrected chi connectivity index (χ2v) is 11.5. The van der Waals surface area contributed by atoms with Crippen LogP contribution in [0.1, 0.15) is 49.4 Å². The minimum atomic E-state index is -0.888. The number of halogens is 1. The van der Waals surface area contributed by atoms with Gasteiger partial charge in [-0.05, 0) is 75.7 Å². The normalized spacial score (nSPS) is 20.4. The molecule has 1 unspecified atom stereocenters. The lowest BCUT2D eigenvalue weighted by molar-refractivity contribution is -0.0141. The van der Waals surface area contributed by atoms with Gasteiger partial charge < -0.3 is 25.3 Å². The van der Waals surface area contributed by atoms with E-state index in [0.717, 1.165) is 42.0 Å². The van der Waals surface area contributed by atoms with Gasteiger partial charge in [-0.1, -0.05) is 48.5 Å². The van der Waals surface area contributed by atoms with Crippen LogP contribution in [-0.2, 0) is 5.60 Å². The molecule has 2 atom stereocenters. The Bertz CT molecular complexity index is 1360. The Morgan fingerprint density at radius 3 is 2.39 bits per heavy atom. The average molecular weight is 578 g/mol. The molecule has 3 aromatic rings. The van der Waals surface area contributed by atoms with Crippen molar-refractivity contribution in [3.05, 3.63) is 83.2 Å². The van der Waals surface area contributed by atoms with E-state index in [4.69, 9.17) is 16.6 Å². The molecule has 0 aliphatic carbocycles. The quantitative estimate of drug-likeness (QED) is 0.336. The van der Waals surface area contributed by atoms with Crippen LogP contribution in [0.5, 0.6) is 0 Å². The Hall–Kier alpha value is -3.21. The van der Waals surface area contributed by atoms with Gasteiger partial charge in [0.15, 0.2) is 5.82 Å². The Morgan fingerprint density at radius 1 is 1.12 bits per heavy atom. The zero-order chi connectivity index (χ0) is 29.1. The van der Waals surface area contributed by atoms with Crippen molar-refractivity contribution < 1.29 is 10.2 Å². The van der Waals surface area contributed by atoms with Crippen LogP contribution in [0, 0.1) is 0 Å². The molecule has 0 radical (unpaired) electrons. The maximum Gasteiger partial charge on any atom is 0.247 e. The van der Waals surface area contributed by atoms with Crippen molar-refractivity contribution in [1.29, 1.82) is 0 Å². The van der Waals surface area contributed by atoms with Gasteiger partial charge in [0, 0.05) is 49.1 Å². The number of hydrogen-bond acceptors (Lipinski definition) is 8. The van der Waals surface area contributed by atoms with E-state index in [1.165, 1.54) is 0 Å². The summed E-state index contributed by atoms with van der Waals surface area (Å²) in [6.45, 7) is 8.97. The molecule has 3 heterocycles. The Morgan fingerprint density at radius 2 is 1.80 bits per heavy atom. The summed E-state index contributed by atoms with van der Waals surface area (Å²) < 4.78 is 1.67. The first-order valence-electron chi connectivity index (χ1n) is 14.2. The van der Waals surface area contributed by atoms with Gasteiger partial charge in [-0.15, -0.1) is 5.10 Å². The number of likely N-dealkylation sites (tertiary alicyclic amines) is 2. The summed E-state index contributed by atoms with van der Waals surface area (Å²) in [4.78, 5) is 11.4. The van der Waals surface area contributed by atoms with E-state index in [1.54, 1.807) is 10.9 Å². The van der Waals surface area contributed by atoms with Crippen molar-refractivity contribution in [3.8, 4) is 0 Å². The molecule has 0 amide bonds. The zero-order valence-electron chi connectivity index (χ0n) is 24.0. The Kier molecular flexibility index (Phi) is 8.82. The summed E-state index contributed by atoms with van der Waals surface area (Å²) >= 11 is 6.05. The van der Waals surface area contributed by atoms with Crippen molar-refractivity contribution in [2.75, 3.05) is 45.6 Å². The Balaban J connectivity index is 1.25. The van der Waals surface area contributed by atoms with Gasteiger partial charge in [-0.25, -0.2) is 4.68 Å². The molecule has 0 spiro atoms. The molecule has 0 bridgehead atoms. The number of benzene rings is 2. The summed E-state index contributed by atoms with van der Waals surface area (Å²) in [5, 5.41) is 30.8. The molecule has 2 aliphatic heterocycles. The fraction of sp³-hybridized carbons (Fsp3) is 0.419. The number of allylic oxidation sites excluding steroid dienone is 1. The molecule has 5 rings (SSSR count). The molecule has 2 saturated heterocycles. The van der Waals surface area contributed by atoms with Gasteiger partial charge in [0.25, 0.3) is 0 Å². The lowest BCUT2D eigenvalue weighted by atomic mass is 9.84. The van der Waals surface area contributed by atoms with Crippen molar-refractivity contribution in [3.63, 3.8) is 0 Å². The number of aliphatic hydroxyl groups excluding tert-OH is 1. The highest BCUT2D eigenvalue weighted by molar-refractivity contribution is 6.30. The second kappa shape index (κ2) is 12.3. The van der Waals surface area contributed by atoms with Gasteiger partial charge in [-0.3, -0.25) is 4.90 Å². The first-order chi connectivity index (χ1) is 19.7. The van der Waals surface area contributed by atoms with Crippen molar-refractivity contribution >= 4 is 35.1 Å². The van der Waals surface area contributed by atoms with Gasteiger partial charge in [0.1, 0.15) is 6.23 Å². The van der Waals surface area contributed by atoms with Crippen LogP contribution in [0.15, 0.2) is 61.2 Å². The lowest BCUT2D eigenvalue weighted by Gasteiger charge is -2.40. The zero-order valence-corrected chi connectivity index (χ0v) is 24.8. The number of likely N-dealkylation sites (N-methyl/N-ethyl adjacent to an activating group) is 1. The third-order valence-corrected chi connectivity index (χ3v) is 8.61. The third kappa shape index (κ3) is 6.34. The van der Waals surface area contributed by atoms with Crippen LogP contribution in [0.2, 0.25) is 5.02 Å². The molecule has 41 heavy (non-hydrogen) atoms. The molecular weight excluding hydrogens is 538 g/mol. The van der Waals surface area contributed by atoms with Crippen molar-refractivity contribution in [1.82, 2.24) is 29.5 Å². The lowest BCUT2D eigenvalue weighted by Crippen LogP contribution is -2.42. The number of rotatable bonds is 9. The van der Waals surface area contributed by atoms with Crippen molar-refractivity contribution in [2.45, 2.75) is 44.1 Å². The molecule has 218 valence electrons. The first kappa shape index (κ1) is 29.3. The van der Waals surface area contributed by atoms with E-state index in [9.17, 15) is 10.2 Å². The number of aromatic nitrogens is 3. The third-order valence-electron chi connectivity index (χ3n) is 8.36. The van der Waals surface area contributed by atoms with Gasteiger partial charge in [0.05, 0.1) is 11.3 Å². The van der Waals surface area contributed by atoms with E-state index in [0.29, 0.717) is 48.8 Å². The standard InChI is InChI=1S/C31H40ClN7O2/c1-5-27(37-19-16-31(41,17-20-37)23-9-11-24(32)12-10-23)28-34-30(35-39(28)6-2)33-25-13-7-22(8-14-25)29(40)38-18-15-26(21-38)36(3)4/h5-14,26,29,40-41H,2,15-21H2,1,3-4H3,(H,33,35)/b27-5+/t26-,29?/m0/s1. The van der Waals surface area contributed by atoms with Gasteiger partial charge in [-0.2, -0.15) is 4.98 Å². The predicted octanol–water partition coefficient (Wildman–Crippen LogP) is 4.75. The number of anilines is 2. The summed E-state index contributed by atoms with van der Waals surface area (Å²) in [6.07, 6.45) is 5.27. The van der Waals surface area contributed by atoms with Crippen LogP contribution < -0.4 is 5.32 Å². The second-order valence-electron chi connectivity index (χ2n) is 11.1.